The summed E-state index contributed by atoms with van der Waals surface area (Å²) in [5.74, 6) is 0.333. The van der Waals surface area contributed by atoms with Gasteiger partial charge in [-0.25, -0.2) is 0 Å². The first kappa shape index (κ1) is 33.6. The Labute approximate surface area is 188 Å². The number of esters is 2. The summed E-state index contributed by atoms with van der Waals surface area (Å²) in [4.78, 5) is 22.8. The summed E-state index contributed by atoms with van der Waals surface area (Å²) in [6, 6.07) is 0. The first-order valence-electron chi connectivity index (χ1n) is 12.4. The van der Waals surface area contributed by atoms with Crippen molar-refractivity contribution in [3.05, 3.63) is 0 Å². The van der Waals surface area contributed by atoms with Crippen LogP contribution in [-0.4, -0.2) is 24.1 Å². The molecule has 1 unspecified atom stereocenters. The molecule has 0 spiro atoms. The Hall–Kier alpha value is -1.06. The standard InChI is InChI=1S/C11H20O2.C10H20O2.C3H8.C2H6/c1-9(2)13-10(12)11(3)7-5-4-6-8-11;1-5-6-9(4)12-10(11)7-8(2)3;1-3-2;1-2/h9H,4-8H2,1-3H3;8-9H,5-7H2,1-4H3;3H2,1-2H3;1-2H3. The molecular formula is C26H54O4. The monoisotopic (exact) mass is 430 g/mol. The van der Waals surface area contributed by atoms with E-state index >= 15 is 0 Å². The summed E-state index contributed by atoms with van der Waals surface area (Å²) in [6.07, 6.45) is 9.52. The van der Waals surface area contributed by atoms with Crippen LogP contribution in [0.15, 0.2) is 0 Å². The van der Waals surface area contributed by atoms with Crippen LogP contribution < -0.4 is 0 Å². The lowest BCUT2D eigenvalue weighted by Crippen LogP contribution is -2.33. The Morgan fingerprint density at radius 3 is 1.70 bits per heavy atom. The maximum atomic E-state index is 11.7. The zero-order valence-corrected chi connectivity index (χ0v) is 22.2. The zero-order valence-electron chi connectivity index (χ0n) is 22.2. The van der Waals surface area contributed by atoms with Gasteiger partial charge >= 0.3 is 11.9 Å². The quantitative estimate of drug-likeness (QED) is 0.383. The molecule has 0 aromatic rings. The summed E-state index contributed by atoms with van der Waals surface area (Å²) in [6.45, 7) is 22.2. The van der Waals surface area contributed by atoms with Crippen molar-refractivity contribution in [3.63, 3.8) is 0 Å². The first-order valence-corrected chi connectivity index (χ1v) is 12.4. The van der Waals surface area contributed by atoms with Crippen LogP contribution in [0.2, 0.25) is 0 Å². The molecule has 4 nitrogen and oxygen atoms in total. The van der Waals surface area contributed by atoms with Crippen molar-refractivity contribution in [1.29, 1.82) is 0 Å². The van der Waals surface area contributed by atoms with Gasteiger partial charge in [-0.2, -0.15) is 0 Å². The van der Waals surface area contributed by atoms with Gasteiger partial charge in [0.1, 0.15) is 0 Å². The Bertz CT molecular complexity index is 396. The van der Waals surface area contributed by atoms with Gasteiger partial charge in [-0.15, -0.1) is 0 Å². The summed E-state index contributed by atoms with van der Waals surface area (Å²) >= 11 is 0. The third kappa shape index (κ3) is 20.2. The molecule has 0 heterocycles. The van der Waals surface area contributed by atoms with Gasteiger partial charge < -0.3 is 9.47 Å². The molecule has 0 aliphatic heterocycles. The van der Waals surface area contributed by atoms with Gasteiger partial charge in [0.05, 0.1) is 17.6 Å². The molecule has 1 rings (SSSR count). The Morgan fingerprint density at radius 1 is 0.867 bits per heavy atom. The number of carbonyl (C=O) groups excluding carboxylic acids is 2. The molecule has 1 aliphatic carbocycles. The SMILES string of the molecule is CC.CC(C)OC(=O)C1(C)CCCCC1.CCC.CCCC(C)OC(=O)CC(C)C. The molecule has 0 N–H and O–H groups in total. The van der Waals surface area contributed by atoms with E-state index in [0.29, 0.717) is 12.3 Å². The fourth-order valence-electron chi connectivity index (χ4n) is 2.96. The van der Waals surface area contributed by atoms with E-state index in [2.05, 4.69) is 20.8 Å². The number of rotatable bonds is 7. The van der Waals surface area contributed by atoms with Gasteiger partial charge in [-0.3, -0.25) is 9.59 Å². The molecule has 0 aromatic carbocycles. The molecule has 0 radical (unpaired) electrons. The fourth-order valence-corrected chi connectivity index (χ4v) is 2.96. The van der Waals surface area contributed by atoms with E-state index in [1.807, 2.05) is 55.4 Å². The number of ether oxygens (including phenoxy) is 2. The predicted octanol–water partition coefficient (Wildman–Crippen LogP) is 8.12. The van der Waals surface area contributed by atoms with Crippen LogP contribution in [0.4, 0.5) is 0 Å². The molecule has 182 valence electrons. The van der Waals surface area contributed by atoms with E-state index in [4.69, 9.17) is 9.47 Å². The van der Waals surface area contributed by atoms with Gasteiger partial charge in [0, 0.05) is 6.42 Å². The molecule has 1 aliphatic rings. The van der Waals surface area contributed by atoms with Crippen LogP contribution in [0, 0.1) is 11.3 Å². The molecule has 0 saturated heterocycles. The highest BCUT2D eigenvalue weighted by Gasteiger charge is 2.36. The van der Waals surface area contributed by atoms with Gasteiger partial charge in [0.2, 0.25) is 0 Å². The minimum absolute atomic E-state index is 0.00204. The Morgan fingerprint density at radius 2 is 1.33 bits per heavy atom. The van der Waals surface area contributed by atoms with E-state index in [1.165, 1.54) is 25.7 Å². The highest BCUT2D eigenvalue weighted by Crippen LogP contribution is 2.37. The van der Waals surface area contributed by atoms with Gasteiger partial charge in [-0.1, -0.05) is 80.6 Å². The van der Waals surface area contributed by atoms with Gasteiger partial charge in [0.25, 0.3) is 0 Å². The van der Waals surface area contributed by atoms with Crippen LogP contribution >= 0.6 is 0 Å². The van der Waals surface area contributed by atoms with Gasteiger partial charge in [0.15, 0.2) is 0 Å². The second-order valence-electron chi connectivity index (χ2n) is 8.97. The minimum atomic E-state index is -0.192. The maximum absolute atomic E-state index is 11.7. The molecule has 1 fully saturated rings. The highest BCUT2D eigenvalue weighted by molar-refractivity contribution is 5.76. The van der Waals surface area contributed by atoms with Crippen LogP contribution in [-0.2, 0) is 19.1 Å². The highest BCUT2D eigenvalue weighted by atomic mass is 16.5. The topological polar surface area (TPSA) is 52.6 Å². The van der Waals surface area contributed by atoms with E-state index in [9.17, 15) is 9.59 Å². The van der Waals surface area contributed by atoms with Crippen molar-refractivity contribution in [2.75, 3.05) is 0 Å². The van der Waals surface area contributed by atoms with E-state index in [1.54, 1.807) is 0 Å². The molecule has 0 aromatic heterocycles. The Balaban J connectivity index is -0.000000401. The largest absolute Gasteiger partial charge is 0.463 e. The van der Waals surface area contributed by atoms with Crippen molar-refractivity contribution in [2.45, 2.75) is 146 Å². The Kier molecular flexibility index (Phi) is 23.7. The number of hydrogen-bond donors (Lipinski definition) is 0. The average molecular weight is 431 g/mol. The molecular weight excluding hydrogens is 376 g/mol. The fraction of sp³-hybridized carbons (Fsp3) is 0.923. The van der Waals surface area contributed by atoms with Gasteiger partial charge in [-0.05, 0) is 52.9 Å². The molecule has 4 heteroatoms. The lowest BCUT2D eigenvalue weighted by atomic mass is 9.76. The third-order valence-electron chi connectivity index (χ3n) is 4.40. The van der Waals surface area contributed by atoms with Crippen LogP contribution in [0.5, 0.6) is 0 Å². The summed E-state index contributed by atoms with van der Waals surface area (Å²) in [7, 11) is 0. The third-order valence-corrected chi connectivity index (χ3v) is 4.40. The van der Waals surface area contributed by atoms with Crippen LogP contribution in [0.25, 0.3) is 0 Å². The smallest absolute Gasteiger partial charge is 0.312 e. The second-order valence-corrected chi connectivity index (χ2v) is 8.97. The van der Waals surface area contributed by atoms with Crippen molar-refractivity contribution >= 4 is 11.9 Å². The summed E-state index contributed by atoms with van der Waals surface area (Å²) in [5, 5.41) is 0. The maximum Gasteiger partial charge on any atom is 0.312 e. The second kappa shape index (κ2) is 21.2. The summed E-state index contributed by atoms with van der Waals surface area (Å²) in [5.41, 5.74) is -0.192. The van der Waals surface area contributed by atoms with Crippen LogP contribution in [0.3, 0.4) is 0 Å². The molecule has 1 saturated carbocycles. The van der Waals surface area contributed by atoms with E-state index < -0.39 is 0 Å². The van der Waals surface area contributed by atoms with Crippen LogP contribution in [0.1, 0.15) is 134 Å². The lowest BCUT2D eigenvalue weighted by Gasteiger charge is -2.31. The molecule has 0 amide bonds. The first-order chi connectivity index (χ1) is 14.0. The molecule has 1 atom stereocenters. The molecule has 30 heavy (non-hydrogen) atoms. The number of hydrogen-bond acceptors (Lipinski definition) is 4. The predicted molar refractivity (Wildman–Crippen MR) is 130 cm³/mol. The van der Waals surface area contributed by atoms with Crippen molar-refractivity contribution in [3.8, 4) is 0 Å². The average Bonchev–Trinajstić information content (AvgIpc) is 2.64. The normalized spacial score (nSPS) is 15.4. The van der Waals surface area contributed by atoms with Crippen molar-refractivity contribution in [2.24, 2.45) is 11.3 Å². The zero-order chi connectivity index (χ0) is 24.2. The molecule has 0 bridgehead atoms. The minimum Gasteiger partial charge on any atom is -0.463 e. The van der Waals surface area contributed by atoms with E-state index in [-0.39, 0.29) is 29.6 Å². The van der Waals surface area contributed by atoms with Crippen molar-refractivity contribution < 1.29 is 19.1 Å². The number of carbonyl (C=O) groups is 2. The van der Waals surface area contributed by atoms with E-state index in [0.717, 1.165) is 25.7 Å². The lowest BCUT2D eigenvalue weighted by molar-refractivity contribution is -0.160. The van der Waals surface area contributed by atoms with Crippen molar-refractivity contribution in [1.82, 2.24) is 0 Å². The summed E-state index contributed by atoms with van der Waals surface area (Å²) < 4.78 is 10.4.